The lowest BCUT2D eigenvalue weighted by Gasteiger charge is -2.14. The Hall–Kier alpha value is -4.17. The van der Waals surface area contributed by atoms with Gasteiger partial charge >= 0.3 is 12.4 Å². The molecule has 0 aliphatic heterocycles. The smallest absolute Gasteiger partial charge is 0.269 e. The van der Waals surface area contributed by atoms with Gasteiger partial charge in [0.25, 0.3) is 15.9 Å². The minimum Gasteiger partial charge on any atom is -0.269 e. The van der Waals surface area contributed by atoms with Crippen molar-refractivity contribution in [3.8, 4) is 0 Å². The van der Waals surface area contributed by atoms with Crippen LogP contribution in [-0.4, -0.2) is 22.7 Å². The third-order valence-electron chi connectivity index (χ3n) is 5.77. The van der Waals surface area contributed by atoms with Gasteiger partial charge in [-0.2, -0.15) is 26.3 Å². The van der Waals surface area contributed by atoms with E-state index in [1.807, 2.05) is 0 Å². The first-order valence-electron chi connectivity index (χ1n) is 11.4. The molecule has 0 bridgehead atoms. The summed E-state index contributed by atoms with van der Waals surface area (Å²) < 4.78 is 132. The van der Waals surface area contributed by atoms with E-state index >= 15 is 0 Å². The molecule has 0 heterocycles. The average molecular weight is 614 g/mol. The molecule has 0 aliphatic rings. The maximum Gasteiger partial charge on any atom is 0.416 e. The molecule has 6 nitrogen and oxygen atoms in total. The SMILES string of the molecule is O=C(/C=C/c1ccccc1S(=O)(=O)c1cccc2ccccc12)NS(=O)(=O)c1cc(C(F)(F)F)cc(C(F)(F)F)c1. The van der Waals surface area contributed by atoms with Crippen LogP contribution < -0.4 is 4.72 Å². The van der Waals surface area contributed by atoms with Crippen molar-refractivity contribution in [2.24, 2.45) is 0 Å². The summed E-state index contributed by atoms with van der Waals surface area (Å²) >= 11 is 0. The third-order valence-corrected chi connectivity index (χ3v) is 8.98. The van der Waals surface area contributed by atoms with Crippen molar-refractivity contribution in [1.82, 2.24) is 4.72 Å². The summed E-state index contributed by atoms with van der Waals surface area (Å²) in [4.78, 5) is 10.7. The van der Waals surface area contributed by atoms with E-state index in [1.165, 1.54) is 35.1 Å². The molecule has 0 saturated heterocycles. The fourth-order valence-electron chi connectivity index (χ4n) is 3.88. The summed E-state index contributed by atoms with van der Waals surface area (Å²) in [5.41, 5.74) is -3.81. The minimum absolute atomic E-state index is 0.0338. The molecule has 0 saturated carbocycles. The first kappa shape index (κ1) is 29.8. The highest BCUT2D eigenvalue weighted by Crippen LogP contribution is 2.37. The Morgan fingerprint density at radius 2 is 1.22 bits per heavy atom. The van der Waals surface area contributed by atoms with Crippen LogP contribution in [0.2, 0.25) is 0 Å². The summed E-state index contributed by atoms with van der Waals surface area (Å²) in [6.45, 7) is 0. The van der Waals surface area contributed by atoms with E-state index in [2.05, 4.69) is 0 Å². The van der Waals surface area contributed by atoms with Gasteiger partial charge in [0.15, 0.2) is 0 Å². The fraction of sp³-hybridized carbons (Fsp3) is 0.0741. The molecule has 4 aromatic carbocycles. The van der Waals surface area contributed by atoms with Crippen LogP contribution in [0.1, 0.15) is 16.7 Å². The van der Waals surface area contributed by atoms with Gasteiger partial charge in [-0.3, -0.25) is 4.79 Å². The van der Waals surface area contributed by atoms with E-state index in [9.17, 15) is 48.0 Å². The summed E-state index contributed by atoms with van der Waals surface area (Å²) in [6.07, 6.45) is -9.08. The minimum atomic E-state index is -5.31. The Balaban J connectivity index is 1.66. The first-order valence-corrected chi connectivity index (χ1v) is 14.3. The van der Waals surface area contributed by atoms with Gasteiger partial charge in [-0.25, -0.2) is 21.6 Å². The van der Waals surface area contributed by atoms with Crippen molar-refractivity contribution in [3.05, 3.63) is 108 Å². The number of nitrogens with one attached hydrogen (secondary N) is 1. The zero-order chi connectivity index (χ0) is 30.2. The number of sulfonamides is 1. The van der Waals surface area contributed by atoms with Crippen LogP contribution in [0, 0.1) is 0 Å². The highest BCUT2D eigenvalue weighted by molar-refractivity contribution is 7.91. The number of rotatable bonds is 6. The van der Waals surface area contributed by atoms with Crippen LogP contribution in [-0.2, 0) is 37.0 Å². The van der Waals surface area contributed by atoms with Crippen molar-refractivity contribution in [3.63, 3.8) is 0 Å². The number of alkyl halides is 6. The molecule has 4 aromatic rings. The summed E-state index contributed by atoms with van der Waals surface area (Å²) in [7, 11) is -9.38. The van der Waals surface area contributed by atoms with Crippen LogP contribution in [0.15, 0.2) is 106 Å². The number of carbonyl (C=O) groups is 1. The Kier molecular flexibility index (Phi) is 7.76. The molecule has 41 heavy (non-hydrogen) atoms. The maximum absolute atomic E-state index is 13.5. The molecular weight excluding hydrogens is 596 g/mol. The predicted octanol–water partition coefficient (Wildman–Crippen LogP) is 6.23. The molecule has 0 aromatic heterocycles. The van der Waals surface area contributed by atoms with Crippen molar-refractivity contribution in [1.29, 1.82) is 0 Å². The van der Waals surface area contributed by atoms with Gasteiger partial charge in [-0.15, -0.1) is 0 Å². The highest BCUT2D eigenvalue weighted by atomic mass is 32.2. The number of carbonyl (C=O) groups excluding carboxylic acids is 1. The summed E-state index contributed by atoms with van der Waals surface area (Å²) in [6, 6.07) is 16.5. The largest absolute Gasteiger partial charge is 0.416 e. The zero-order valence-electron chi connectivity index (χ0n) is 20.4. The first-order chi connectivity index (χ1) is 19.0. The van der Waals surface area contributed by atoms with Crippen molar-refractivity contribution >= 4 is 42.6 Å². The molecule has 0 fully saturated rings. The normalized spacial score (nSPS) is 13.0. The molecule has 214 valence electrons. The molecule has 0 aliphatic carbocycles. The third kappa shape index (κ3) is 6.43. The van der Waals surface area contributed by atoms with Crippen LogP contribution in [0.3, 0.4) is 0 Å². The van der Waals surface area contributed by atoms with Gasteiger partial charge in [0.1, 0.15) is 0 Å². The Bertz CT molecular complexity index is 1860. The lowest BCUT2D eigenvalue weighted by Crippen LogP contribution is -2.29. The average Bonchev–Trinajstić information content (AvgIpc) is 2.90. The molecular formula is C27H17F6NO5S2. The number of hydrogen-bond acceptors (Lipinski definition) is 5. The molecule has 0 spiro atoms. The van der Waals surface area contributed by atoms with Gasteiger partial charge in [0, 0.05) is 11.5 Å². The van der Waals surface area contributed by atoms with Crippen LogP contribution in [0.4, 0.5) is 26.3 Å². The van der Waals surface area contributed by atoms with Crippen LogP contribution >= 0.6 is 0 Å². The fourth-order valence-corrected chi connectivity index (χ4v) is 6.57. The molecule has 1 N–H and O–H groups in total. The topological polar surface area (TPSA) is 97.4 Å². The summed E-state index contributed by atoms with van der Waals surface area (Å²) in [5, 5.41) is 1.08. The van der Waals surface area contributed by atoms with E-state index < -0.39 is 54.1 Å². The number of amides is 1. The monoisotopic (exact) mass is 613 g/mol. The number of halogens is 6. The maximum atomic E-state index is 13.5. The van der Waals surface area contributed by atoms with Gasteiger partial charge < -0.3 is 0 Å². The van der Waals surface area contributed by atoms with Crippen LogP contribution in [0.25, 0.3) is 16.8 Å². The molecule has 0 radical (unpaired) electrons. The van der Waals surface area contributed by atoms with E-state index in [-0.39, 0.29) is 33.6 Å². The number of sulfone groups is 1. The van der Waals surface area contributed by atoms with Crippen molar-refractivity contribution < 1.29 is 48.0 Å². The number of fused-ring (bicyclic) bond motifs is 1. The van der Waals surface area contributed by atoms with E-state index in [4.69, 9.17) is 0 Å². The van der Waals surface area contributed by atoms with Gasteiger partial charge in [-0.05, 0) is 47.4 Å². The van der Waals surface area contributed by atoms with E-state index in [1.54, 1.807) is 36.4 Å². The van der Waals surface area contributed by atoms with Gasteiger partial charge in [-0.1, -0.05) is 54.6 Å². The molecule has 14 heteroatoms. The molecule has 1 amide bonds. The summed E-state index contributed by atoms with van der Waals surface area (Å²) in [5.74, 6) is -1.45. The van der Waals surface area contributed by atoms with E-state index in [0.29, 0.717) is 16.8 Å². The van der Waals surface area contributed by atoms with Crippen molar-refractivity contribution in [2.45, 2.75) is 27.0 Å². The molecule has 0 atom stereocenters. The van der Waals surface area contributed by atoms with Gasteiger partial charge in [0.05, 0.1) is 25.8 Å². The Morgan fingerprint density at radius 1 is 0.683 bits per heavy atom. The lowest BCUT2D eigenvalue weighted by atomic mass is 10.1. The molecule has 0 unspecified atom stereocenters. The number of benzene rings is 4. The quantitative estimate of drug-likeness (QED) is 0.206. The Labute approximate surface area is 229 Å². The second-order valence-electron chi connectivity index (χ2n) is 8.56. The number of hydrogen-bond donors (Lipinski definition) is 1. The standard InChI is InChI=1S/C27H17F6NO5S2/c28-26(29,30)19-14-20(27(31,32)33)16-21(15-19)41(38,39)34-25(35)13-12-18-7-2-4-10-23(18)40(36,37)24-11-5-8-17-6-1-3-9-22(17)24/h1-16H,(H,34,35)/b13-12+. The Morgan fingerprint density at radius 3 is 1.85 bits per heavy atom. The second-order valence-corrected chi connectivity index (χ2v) is 12.1. The van der Waals surface area contributed by atoms with Gasteiger partial charge in [0.2, 0.25) is 9.84 Å². The second kappa shape index (κ2) is 10.7. The predicted molar refractivity (Wildman–Crippen MR) is 137 cm³/mol. The van der Waals surface area contributed by atoms with E-state index in [0.717, 1.165) is 6.08 Å². The zero-order valence-corrected chi connectivity index (χ0v) is 22.0. The lowest BCUT2D eigenvalue weighted by molar-refractivity contribution is -0.143. The highest BCUT2D eigenvalue weighted by Gasteiger charge is 2.38. The van der Waals surface area contributed by atoms with Crippen LogP contribution in [0.5, 0.6) is 0 Å². The van der Waals surface area contributed by atoms with Crippen molar-refractivity contribution in [2.75, 3.05) is 0 Å². The molecule has 4 rings (SSSR count).